The molecule has 1 atom stereocenters. The summed E-state index contributed by atoms with van der Waals surface area (Å²) in [5.41, 5.74) is 5.34. The fourth-order valence-electron chi connectivity index (χ4n) is 3.24. The van der Waals surface area contributed by atoms with Crippen molar-refractivity contribution in [2.24, 2.45) is 0 Å². The van der Waals surface area contributed by atoms with Crippen LogP contribution in [0, 0.1) is 13.8 Å². The van der Waals surface area contributed by atoms with Gasteiger partial charge in [0, 0.05) is 16.8 Å². The summed E-state index contributed by atoms with van der Waals surface area (Å²) in [6, 6.07) is 13.4. The Morgan fingerprint density at radius 3 is 2.52 bits per heavy atom. The summed E-state index contributed by atoms with van der Waals surface area (Å²) in [4.78, 5) is 26.4. The van der Waals surface area contributed by atoms with Crippen molar-refractivity contribution in [3.8, 4) is 0 Å². The van der Waals surface area contributed by atoms with Crippen LogP contribution in [-0.4, -0.2) is 23.3 Å². The minimum atomic E-state index is -0.198. The van der Waals surface area contributed by atoms with Gasteiger partial charge in [0.25, 0.3) is 5.91 Å². The van der Waals surface area contributed by atoms with Crippen LogP contribution < -0.4 is 5.32 Å². The molecular formula is C21H22N2O2. The predicted octanol–water partition coefficient (Wildman–Crippen LogP) is 3.61. The van der Waals surface area contributed by atoms with Gasteiger partial charge in [-0.25, -0.2) is 0 Å². The molecule has 2 aromatic rings. The van der Waals surface area contributed by atoms with Gasteiger partial charge in [-0.15, -0.1) is 0 Å². The standard InChI is InChI=1S/C21H22N2O2/c1-13-9-10-14(2)19(11-13)15(3)22-20(24)12-23-16(4)17-7-5-6-8-18(17)21(23)25/h5-11,15H,4,12H2,1-3H3,(H,22,24)/t15-/m1/s1. The van der Waals surface area contributed by atoms with Crippen LogP contribution in [-0.2, 0) is 4.79 Å². The second-order valence-electron chi connectivity index (χ2n) is 6.53. The second-order valence-corrected chi connectivity index (χ2v) is 6.53. The summed E-state index contributed by atoms with van der Waals surface area (Å²) < 4.78 is 0. The molecule has 0 unspecified atom stereocenters. The molecule has 25 heavy (non-hydrogen) atoms. The normalized spacial score (nSPS) is 14.4. The molecule has 128 valence electrons. The lowest BCUT2D eigenvalue weighted by atomic mass is 10.00. The lowest BCUT2D eigenvalue weighted by Gasteiger charge is -2.21. The lowest BCUT2D eigenvalue weighted by molar-refractivity contribution is -0.121. The van der Waals surface area contributed by atoms with Gasteiger partial charge in [-0.3, -0.25) is 14.5 Å². The van der Waals surface area contributed by atoms with Crippen LogP contribution in [0.3, 0.4) is 0 Å². The summed E-state index contributed by atoms with van der Waals surface area (Å²) >= 11 is 0. The molecule has 4 nitrogen and oxygen atoms in total. The van der Waals surface area contributed by atoms with E-state index in [1.54, 1.807) is 6.07 Å². The van der Waals surface area contributed by atoms with Gasteiger partial charge in [-0.1, -0.05) is 48.5 Å². The number of amides is 2. The van der Waals surface area contributed by atoms with E-state index in [4.69, 9.17) is 0 Å². The number of nitrogens with one attached hydrogen (secondary N) is 1. The van der Waals surface area contributed by atoms with Gasteiger partial charge in [0.05, 0.1) is 6.04 Å². The van der Waals surface area contributed by atoms with Crippen molar-refractivity contribution in [1.29, 1.82) is 0 Å². The quantitative estimate of drug-likeness (QED) is 0.928. The van der Waals surface area contributed by atoms with Crippen molar-refractivity contribution in [3.63, 3.8) is 0 Å². The number of carbonyl (C=O) groups is 2. The fraction of sp³-hybridized carbons (Fsp3) is 0.238. The first-order valence-corrected chi connectivity index (χ1v) is 8.35. The van der Waals surface area contributed by atoms with E-state index >= 15 is 0 Å². The molecule has 2 amide bonds. The minimum absolute atomic E-state index is 0.0262. The molecule has 0 spiro atoms. The number of hydrogen-bond acceptors (Lipinski definition) is 2. The van der Waals surface area contributed by atoms with E-state index < -0.39 is 0 Å². The molecule has 1 N–H and O–H groups in total. The summed E-state index contributed by atoms with van der Waals surface area (Å²) in [6.07, 6.45) is 0. The summed E-state index contributed by atoms with van der Waals surface area (Å²) in [5, 5.41) is 2.99. The Balaban J connectivity index is 1.70. The zero-order valence-corrected chi connectivity index (χ0v) is 14.8. The van der Waals surface area contributed by atoms with Gasteiger partial charge in [0.1, 0.15) is 6.54 Å². The molecule has 1 aliphatic rings. The van der Waals surface area contributed by atoms with Crippen LogP contribution in [0.2, 0.25) is 0 Å². The van der Waals surface area contributed by atoms with Crippen molar-refractivity contribution in [2.75, 3.05) is 6.54 Å². The number of aryl methyl sites for hydroxylation is 2. The third kappa shape index (κ3) is 3.20. The lowest BCUT2D eigenvalue weighted by Crippen LogP contribution is -2.38. The van der Waals surface area contributed by atoms with Crippen molar-refractivity contribution < 1.29 is 9.59 Å². The molecule has 3 rings (SSSR count). The zero-order valence-electron chi connectivity index (χ0n) is 14.8. The number of fused-ring (bicyclic) bond motifs is 1. The molecule has 0 bridgehead atoms. The van der Waals surface area contributed by atoms with Crippen molar-refractivity contribution >= 4 is 17.5 Å². The third-order valence-corrected chi connectivity index (χ3v) is 4.62. The fourth-order valence-corrected chi connectivity index (χ4v) is 3.24. The Hall–Kier alpha value is -2.88. The maximum atomic E-state index is 12.5. The molecule has 1 heterocycles. The van der Waals surface area contributed by atoms with Gasteiger partial charge in [-0.2, -0.15) is 0 Å². The highest BCUT2D eigenvalue weighted by atomic mass is 16.2. The first-order chi connectivity index (χ1) is 11.9. The van der Waals surface area contributed by atoms with E-state index in [1.165, 1.54) is 4.90 Å². The van der Waals surface area contributed by atoms with Gasteiger partial charge in [0.2, 0.25) is 5.91 Å². The average Bonchev–Trinajstić information content (AvgIpc) is 2.82. The van der Waals surface area contributed by atoms with E-state index in [1.807, 2.05) is 39.0 Å². The molecule has 2 aromatic carbocycles. The van der Waals surface area contributed by atoms with Gasteiger partial charge >= 0.3 is 0 Å². The molecule has 1 aliphatic heterocycles. The van der Waals surface area contributed by atoms with Crippen molar-refractivity contribution in [1.82, 2.24) is 10.2 Å². The summed E-state index contributed by atoms with van der Waals surface area (Å²) in [5.74, 6) is -0.370. The van der Waals surface area contributed by atoms with Crippen LogP contribution in [0.5, 0.6) is 0 Å². The van der Waals surface area contributed by atoms with Gasteiger partial charge < -0.3 is 5.32 Å². The van der Waals surface area contributed by atoms with E-state index in [2.05, 4.69) is 30.1 Å². The Labute approximate surface area is 148 Å². The number of benzene rings is 2. The molecule has 0 aromatic heterocycles. The summed E-state index contributed by atoms with van der Waals surface area (Å²) in [6.45, 7) is 9.95. The van der Waals surface area contributed by atoms with E-state index in [0.29, 0.717) is 11.3 Å². The molecular weight excluding hydrogens is 312 g/mol. The van der Waals surface area contributed by atoms with Crippen LogP contribution in [0.1, 0.15) is 45.6 Å². The highest BCUT2D eigenvalue weighted by Gasteiger charge is 2.32. The monoisotopic (exact) mass is 334 g/mol. The largest absolute Gasteiger partial charge is 0.348 e. The minimum Gasteiger partial charge on any atom is -0.348 e. The number of hydrogen-bond donors (Lipinski definition) is 1. The smallest absolute Gasteiger partial charge is 0.259 e. The highest BCUT2D eigenvalue weighted by molar-refractivity contribution is 6.10. The second kappa shape index (κ2) is 6.55. The maximum absolute atomic E-state index is 12.5. The van der Waals surface area contributed by atoms with Gasteiger partial charge in [0.15, 0.2) is 0 Å². The van der Waals surface area contributed by atoms with E-state index in [9.17, 15) is 9.59 Å². The molecule has 0 radical (unpaired) electrons. The molecule has 0 saturated carbocycles. The van der Waals surface area contributed by atoms with Gasteiger partial charge in [-0.05, 0) is 38.0 Å². The number of carbonyl (C=O) groups excluding carboxylic acids is 2. The Morgan fingerprint density at radius 1 is 1.16 bits per heavy atom. The molecule has 0 saturated heterocycles. The SMILES string of the molecule is C=C1c2ccccc2C(=O)N1CC(=O)N[C@H](C)c1cc(C)ccc1C. The Morgan fingerprint density at radius 2 is 1.84 bits per heavy atom. The van der Waals surface area contributed by atoms with E-state index in [0.717, 1.165) is 22.3 Å². The number of nitrogens with zero attached hydrogens (tertiary/aromatic N) is 1. The highest BCUT2D eigenvalue weighted by Crippen LogP contribution is 2.30. The van der Waals surface area contributed by atoms with Crippen LogP contribution in [0.4, 0.5) is 0 Å². The van der Waals surface area contributed by atoms with Crippen molar-refractivity contribution in [3.05, 3.63) is 76.9 Å². The topological polar surface area (TPSA) is 49.4 Å². The van der Waals surface area contributed by atoms with Crippen LogP contribution in [0.15, 0.2) is 49.0 Å². The predicted molar refractivity (Wildman–Crippen MR) is 99.0 cm³/mol. The Kier molecular flexibility index (Phi) is 4.45. The molecule has 0 aliphatic carbocycles. The Bertz CT molecular complexity index is 835. The van der Waals surface area contributed by atoms with Crippen molar-refractivity contribution in [2.45, 2.75) is 26.8 Å². The number of rotatable bonds is 4. The average molecular weight is 334 g/mol. The molecule has 4 heteroatoms. The first kappa shape index (κ1) is 17.0. The van der Waals surface area contributed by atoms with Crippen LogP contribution >= 0.6 is 0 Å². The maximum Gasteiger partial charge on any atom is 0.259 e. The van der Waals surface area contributed by atoms with Crippen LogP contribution in [0.25, 0.3) is 5.70 Å². The summed E-state index contributed by atoms with van der Waals surface area (Å²) in [7, 11) is 0. The first-order valence-electron chi connectivity index (χ1n) is 8.35. The third-order valence-electron chi connectivity index (χ3n) is 4.62. The zero-order chi connectivity index (χ0) is 18.1. The molecule has 0 fully saturated rings. The van der Waals surface area contributed by atoms with E-state index in [-0.39, 0.29) is 24.4 Å².